The molecule has 12 heteroatoms. The molecule has 2 N–H and O–H groups in total. The zero-order valence-electron chi connectivity index (χ0n) is 16.3. The molecule has 2 aromatic heterocycles. The molecule has 1 unspecified atom stereocenters. The molecule has 1 aromatic carbocycles. The Balaban J connectivity index is 1.66. The van der Waals surface area contributed by atoms with Crippen LogP contribution in [0, 0.1) is 12.7 Å². The van der Waals surface area contributed by atoms with Crippen LogP contribution in [0.15, 0.2) is 24.5 Å². The number of thiophene rings is 1. The molecule has 0 amide bonds. The molecule has 31 heavy (non-hydrogen) atoms. The number of aryl methyl sites for hydroxylation is 1. The number of carbonyl (C=O) groups is 1. The van der Waals surface area contributed by atoms with E-state index >= 15 is 0 Å². The van der Waals surface area contributed by atoms with E-state index < -0.39 is 29.2 Å². The summed E-state index contributed by atoms with van der Waals surface area (Å²) in [6.07, 6.45) is 2.15. The number of anilines is 2. The number of carboxylic acids is 1. The van der Waals surface area contributed by atoms with Gasteiger partial charge in [-0.15, -0.1) is 11.3 Å². The van der Waals surface area contributed by atoms with Crippen LogP contribution in [0.5, 0.6) is 5.75 Å². The number of hydrogen-bond donors (Lipinski definition) is 2. The number of hydrogen-bond acceptors (Lipinski definition) is 8. The van der Waals surface area contributed by atoms with Crippen molar-refractivity contribution in [1.29, 1.82) is 0 Å². The number of carboxylic acid groups (broad SMARTS) is 1. The molecule has 1 aliphatic heterocycles. The number of aromatic carboxylic acids is 1. The van der Waals surface area contributed by atoms with Crippen LogP contribution < -0.4 is 10.1 Å². The van der Waals surface area contributed by atoms with E-state index in [1.54, 1.807) is 6.92 Å². The first-order valence-electron chi connectivity index (χ1n) is 9.38. The second-order valence-corrected chi connectivity index (χ2v) is 8.97. The summed E-state index contributed by atoms with van der Waals surface area (Å²) in [5.41, 5.74) is 0.949. The van der Waals surface area contributed by atoms with Crippen LogP contribution in [0.4, 0.5) is 15.9 Å². The Labute approximate surface area is 183 Å². The van der Waals surface area contributed by atoms with Crippen molar-refractivity contribution in [3.05, 3.63) is 40.8 Å². The average molecular weight is 466 g/mol. The number of aromatic nitrogens is 2. The minimum atomic E-state index is -2.34. The van der Waals surface area contributed by atoms with Gasteiger partial charge in [0.1, 0.15) is 39.5 Å². The predicted octanol–water partition coefficient (Wildman–Crippen LogP) is 3.22. The molecular formula is C19H18FN4O5S2-. The van der Waals surface area contributed by atoms with Gasteiger partial charge in [-0.05, 0) is 37.5 Å². The summed E-state index contributed by atoms with van der Waals surface area (Å²) in [5.74, 6) is -0.974. The predicted molar refractivity (Wildman–Crippen MR) is 113 cm³/mol. The lowest BCUT2D eigenvalue weighted by Gasteiger charge is -2.33. The maximum absolute atomic E-state index is 13.9. The molecule has 0 radical (unpaired) electrons. The van der Waals surface area contributed by atoms with E-state index in [4.69, 9.17) is 4.74 Å². The first kappa shape index (κ1) is 21.6. The molecule has 4 rings (SSSR count). The standard InChI is InChI=1S/C19H19FN4O5S2/c1-10-15-17(21-9-22-18(15)30-16(10)19(25)26)23-13-5-4-11(20)7-14(13)29-12-3-2-6-24(8-12)31(27)28/h4-5,7,9,12H,2-3,6,8H2,1H3,(H,25,26)(H,27,28)(H,21,22,23)/p-1/t12-/m0/s1. The molecule has 2 atom stereocenters. The molecule has 3 aromatic rings. The number of ether oxygens (including phenoxy) is 1. The van der Waals surface area contributed by atoms with Gasteiger partial charge in [-0.25, -0.2) is 23.5 Å². The first-order valence-corrected chi connectivity index (χ1v) is 11.2. The van der Waals surface area contributed by atoms with Gasteiger partial charge in [0.2, 0.25) is 0 Å². The zero-order valence-corrected chi connectivity index (χ0v) is 18.0. The molecule has 1 fully saturated rings. The minimum Gasteiger partial charge on any atom is -0.760 e. The quantitative estimate of drug-likeness (QED) is 0.531. The normalized spacial score (nSPS) is 18.1. The highest BCUT2D eigenvalue weighted by Gasteiger charge is 2.24. The number of nitrogens with one attached hydrogen (secondary N) is 1. The van der Waals surface area contributed by atoms with Crippen LogP contribution >= 0.6 is 11.3 Å². The summed E-state index contributed by atoms with van der Waals surface area (Å²) >= 11 is -1.29. The Hall–Kier alpha value is -2.67. The Morgan fingerprint density at radius 2 is 2.26 bits per heavy atom. The fourth-order valence-corrected chi connectivity index (χ4v) is 5.06. The average Bonchev–Trinajstić information content (AvgIpc) is 3.08. The summed E-state index contributed by atoms with van der Waals surface area (Å²) < 4.78 is 43.7. The Bertz CT molecular complexity index is 1170. The van der Waals surface area contributed by atoms with E-state index in [0.29, 0.717) is 46.7 Å². The molecular weight excluding hydrogens is 447 g/mol. The fraction of sp³-hybridized carbons (Fsp3) is 0.316. The first-order chi connectivity index (χ1) is 14.8. The van der Waals surface area contributed by atoms with Crippen molar-refractivity contribution in [3.63, 3.8) is 0 Å². The molecule has 164 valence electrons. The number of piperidine rings is 1. The maximum atomic E-state index is 13.9. The van der Waals surface area contributed by atoms with Crippen molar-refractivity contribution in [2.45, 2.75) is 25.9 Å². The van der Waals surface area contributed by atoms with Crippen molar-refractivity contribution in [3.8, 4) is 5.75 Å². The van der Waals surface area contributed by atoms with E-state index in [9.17, 15) is 23.1 Å². The molecule has 0 aliphatic carbocycles. The van der Waals surface area contributed by atoms with Crippen molar-refractivity contribution in [2.75, 3.05) is 18.4 Å². The molecule has 0 bridgehead atoms. The Morgan fingerprint density at radius 3 is 3.00 bits per heavy atom. The van der Waals surface area contributed by atoms with Crippen LogP contribution in [0.1, 0.15) is 28.1 Å². The lowest BCUT2D eigenvalue weighted by Crippen LogP contribution is -2.41. The smallest absolute Gasteiger partial charge is 0.346 e. The largest absolute Gasteiger partial charge is 0.760 e. The van der Waals surface area contributed by atoms with Gasteiger partial charge in [-0.1, -0.05) is 0 Å². The van der Waals surface area contributed by atoms with Crippen LogP contribution in [-0.4, -0.2) is 53.3 Å². The fourth-order valence-electron chi connectivity index (χ4n) is 3.51. The van der Waals surface area contributed by atoms with Crippen molar-refractivity contribution in [1.82, 2.24) is 14.3 Å². The van der Waals surface area contributed by atoms with Crippen LogP contribution in [0.25, 0.3) is 10.2 Å². The van der Waals surface area contributed by atoms with Gasteiger partial charge in [0, 0.05) is 30.4 Å². The SMILES string of the molecule is Cc1c(C(=O)O)sc2ncnc(Nc3ccc(F)cc3O[C@H]3CCCN(S(=O)[O-])C3)c12. The maximum Gasteiger partial charge on any atom is 0.346 e. The third-order valence-electron chi connectivity index (χ3n) is 4.96. The Kier molecular flexibility index (Phi) is 6.14. The van der Waals surface area contributed by atoms with Gasteiger partial charge in [-0.3, -0.25) is 4.21 Å². The molecule has 0 spiro atoms. The summed E-state index contributed by atoms with van der Waals surface area (Å²) in [6, 6.07) is 3.97. The van der Waals surface area contributed by atoms with Gasteiger partial charge in [0.05, 0.1) is 11.1 Å². The van der Waals surface area contributed by atoms with E-state index in [2.05, 4.69) is 15.3 Å². The number of fused-ring (bicyclic) bond motifs is 1. The number of halogens is 1. The number of nitrogens with zero attached hydrogens (tertiary/aromatic N) is 3. The summed E-state index contributed by atoms with van der Waals surface area (Å²) in [4.78, 5) is 20.5. The van der Waals surface area contributed by atoms with Gasteiger partial charge < -0.3 is 19.7 Å². The lowest BCUT2D eigenvalue weighted by atomic mass is 10.1. The van der Waals surface area contributed by atoms with E-state index in [0.717, 1.165) is 11.3 Å². The van der Waals surface area contributed by atoms with Crippen molar-refractivity contribution < 1.29 is 27.8 Å². The molecule has 0 saturated carbocycles. The van der Waals surface area contributed by atoms with Gasteiger partial charge >= 0.3 is 5.97 Å². The second kappa shape index (κ2) is 8.83. The van der Waals surface area contributed by atoms with E-state index in [1.807, 2.05) is 0 Å². The van der Waals surface area contributed by atoms with E-state index in [1.165, 1.54) is 28.8 Å². The lowest BCUT2D eigenvalue weighted by molar-refractivity contribution is 0.0701. The van der Waals surface area contributed by atoms with Crippen molar-refractivity contribution in [2.24, 2.45) is 0 Å². The number of rotatable bonds is 6. The molecule has 1 aliphatic rings. The highest BCUT2D eigenvalue weighted by molar-refractivity contribution is 7.76. The summed E-state index contributed by atoms with van der Waals surface area (Å²) in [5, 5.41) is 13.1. The van der Waals surface area contributed by atoms with Crippen LogP contribution in [0.3, 0.4) is 0 Å². The monoisotopic (exact) mass is 465 g/mol. The van der Waals surface area contributed by atoms with Crippen LogP contribution in [-0.2, 0) is 11.3 Å². The van der Waals surface area contributed by atoms with Gasteiger partial charge in [-0.2, -0.15) is 0 Å². The highest BCUT2D eigenvalue weighted by atomic mass is 32.2. The summed E-state index contributed by atoms with van der Waals surface area (Å²) in [6.45, 7) is 2.28. The summed E-state index contributed by atoms with van der Waals surface area (Å²) in [7, 11) is 0. The molecule has 1 saturated heterocycles. The van der Waals surface area contributed by atoms with Gasteiger partial charge in [0.25, 0.3) is 0 Å². The third kappa shape index (κ3) is 4.51. The van der Waals surface area contributed by atoms with Crippen molar-refractivity contribution >= 4 is 50.3 Å². The Morgan fingerprint density at radius 1 is 1.45 bits per heavy atom. The minimum absolute atomic E-state index is 0.169. The van der Waals surface area contributed by atoms with Gasteiger partial charge in [0.15, 0.2) is 0 Å². The topological polar surface area (TPSA) is 128 Å². The molecule has 3 heterocycles. The molecule has 9 nitrogen and oxygen atoms in total. The van der Waals surface area contributed by atoms with E-state index in [-0.39, 0.29) is 17.2 Å². The third-order valence-corrected chi connectivity index (χ3v) is 6.90. The number of benzene rings is 1. The highest BCUT2D eigenvalue weighted by Crippen LogP contribution is 2.37. The second-order valence-electron chi connectivity index (χ2n) is 7.02. The van der Waals surface area contributed by atoms with Crippen LogP contribution in [0.2, 0.25) is 0 Å². The zero-order chi connectivity index (χ0) is 22.1.